The van der Waals surface area contributed by atoms with Crippen molar-refractivity contribution in [2.24, 2.45) is 5.92 Å². The molecule has 1 rings (SSSR count). The highest BCUT2D eigenvalue weighted by atomic mass is 16.5. The van der Waals surface area contributed by atoms with E-state index >= 15 is 0 Å². The lowest BCUT2D eigenvalue weighted by Gasteiger charge is -2.33. The minimum atomic E-state index is -0.706. The molecule has 0 aromatic heterocycles. The third kappa shape index (κ3) is 4.92. The van der Waals surface area contributed by atoms with Crippen molar-refractivity contribution in [2.45, 2.75) is 57.8 Å². The maximum absolute atomic E-state index is 9.69. The highest BCUT2D eigenvalue weighted by Gasteiger charge is 2.32. The SMILES string of the molecule is CCCCC(CC)COC1[C@H](O)COC[C@@H]1O. The van der Waals surface area contributed by atoms with E-state index in [0.29, 0.717) is 12.5 Å². The molecule has 1 aliphatic heterocycles. The Bertz CT molecular complexity index is 188. The van der Waals surface area contributed by atoms with Gasteiger partial charge < -0.3 is 19.7 Å². The van der Waals surface area contributed by atoms with Crippen LogP contribution in [0.25, 0.3) is 0 Å². The minimum Gasteiger partial charge on any atom is -0.388 e. The summed E-state index contributed by atoms with van der Waals surface area (Å²) in [4.78, 5) is 0. The van der Waals surface area contributed by atoms with Crippen LogP contribution in [0.2, 0.25) is 0 Å². The first-order valence-corrected chi connectivity index (χ1v) is 6.74. The van der Waals surface area contributed by atoms with E-state index in [1.807, 2.05) is 0 Å². The molecule has 17 heavy (non-hydrogen) atoms. The molecule has 0 bridgehead atoms. The largest absolute Gasteiger partial charge is 0.388 e. The topological polar surface area (TPSA) is 58.9 Å². The Morgan fingerprint density at radius 1 is 1.24 bits per heavy atom. The fraction of sp³-hybridized carbons (Fsp3) is 1.00. The van der Waals surface area contributed by atoms with Crippen LogP contribution in [-0.4, -0.2) is 48.3 Å². The van der Waals surface area contributed by atoms with Crippen LogP contribution >= 0.6 is 0 Å². The Morgan fingerprint density at radius 3 is 2.41 bits per heavy atom. The summed E-state index contributed by atoms with van der Waals surface area (Å²) >= 11 is 0. The zero-order chi connectivity index (χ0) is 12.7. The van der Waals surface area contributed by atoms with Gasteiger partial charge in [-0.2, -0.15) is 0 Å². The number of aliphatic hydroxyl groups excluding tert-OH is 2. The molecule has 0 spiro atoms. The first-order valence-electron chi connectivity index (χ1n) is 6.74. The molecule has 0 radical (unpaired) electrons. The van der Waals surface area contributed by atoms with Gasteiger partial charge >= 0.3 is 0 Å². The van der Waals surface area contributed by atoms with Crippen LogP contribution in [-0.2, 0) is 9.47 Å². The molecule has 1 aliphatic rings. The quantitative estimate of drug-likeness (QED) is 0.711. The highest BCUT2D eigenvalue weighted by molar-refractivity contribution is 4.81. The Hall–Kier alpha value is -0.160. The number of rotatable bonds is 7. The molecule has 1 saturated heterocycles. The van der Waals surface area contributed by atoms with E-state index in [1.54, 1.807) is 0 Å². The Morgan fingerprint density at radius 2 is 1.88 bits per heavy atom. The van der Waals surface area contributed by atoms with Gasteiger partial charge in [-0.25, -0.2) is 0 Å². The monoisotopic (exact) mass is 246 g/mol. The standard InChI is InChI=1S/C13H26O4/c1-3-5-6-10(4-2)7-17-13-11(14)8-16-9-12(13)15/h10-15H,3-9H2,1-2H3/t10?,11-,12+,13?. The molecule has 0 aromatic rings. The minimum absolute atomic E-state index is 0.257. The van der Waals surface area contributed by atoms with Crippen molar-refractivity contribution in [3.63, 3.8) is 0 Å². The zero-order valence-corrected chi connectivity index (χ0v) is 11.0. The van der Waals surface area contributed by atoms with Gasteiger partial charge in [0.1, 0.15) is 18.3 Å². The number of aliphatic hydroxyl groups is 2. The van der Waals surface area contributed by atoms with Crippen molar-refractivity contribution in [3.05, 3.63) is 0 Å². The Balaban J connectivity index is 2.31. The molecule has 4 nitrogen and oxygen atoms in total. The molecule has 0 saturated carbocycles. The van der Waals surface area contributed by atoms with Gasteiger partial charge in [0.05, 0.1) is 19.8 Å². The lowest BCUT2D eigenvalue weighted by Crippen LogP contribution is -2.49. The molecular weight excluding hydrogens is 220 g/mol. The van der Waals surface area contributed by atoms with E-state index in [4.69, 9.17) is 9.47 Å². The van der Waals surface area contributed by atoms with Gasteiger partial charge in [0.15, 0.2) is 0 Å². The third-order valence-corrected chi connectivity index (χ3v) is 3.40. The number of hydrogen-bond donors (Lipinski definition) is 2. The summed E-state index contributed by atoms with van der Waals surface area (Å²) < 4.78 is 10.7. The van der Waals surface area contributed by atoms with E-state index in [1.165, 1.54) is 12.8 Å². The summed E-state index contributed by atoms with van der Waals surface area (Å²) in [7, 11) is 0. The van der Waals surface area contributed by atoms with E-state index in [0.717, 1.165) is 12.8 Å². The Kier molecular flexibility index (Phi) is 7.04. The molecule has 2 N–H and O–H groups in total. The first kappa shape index (κ1) is 14.9. The van der Waals surface area contributed by atoms with Crippen LogP contribution in [0.1, 0.15) is 39.5 Å². The highest BCUT2D eigenvalue weighted by Crippen LogP contribution is 2.18. The Labute approximate surface area is 104 Å². The van der Waals surface area contributed by atoms with Crippen LogP contribution in [0.5, 0.6) is 0 Å². The summed E-state index contributed by atoms with van der Waals surface area (Å²) in [6.07, 6.45) is 2.74. The summed E-state index contributed by atoms with van der Waals surface area (Å²) in [6.45, 7) is 5.47. The van der Waals surface area contributed by atoms with Gasteiger partial charge in [0, 0.05) is 0 Å². The van der Waals surface area contributed by atoms with Gasteiger partial charge in [0.25, 0.3) is 0 Å². The molecule has 4 heteroatoms. The van der Waals surface area contributed by atoms with Crippen molar-refractivity contribution >= 4 is 0 Å². The van der Waals surface area contributed by atoms with Crippen molar-refractivity contribution in [1.82, 2.24) is 0 Å². The van der Waals surface area contributed by atoms with Crippen molar-refractivity contribution < 1.29 is 19.7 Å². The molecule has 0 aliphatic carbocycles. The summed E-state index contributed by atoms with van der Waals surface area (Å²) in [5, 5.41) is 19.4. The lowest BCUT2D eigenvalue weighted by atomic mass is 10.00. The van der Waals surface area contributed by atoms with E-state index < -0.39 is 18.3 Å². The second kappa shape index (κ2) is 8.03. The molecule has 102 valence electrons. The average Bonchev–Trinajstić information content (AvgIpc) is 2.32. The number of unbranched alkanes of at least 4 members (excludes halogenated alkanes) is 1. The number of ether oxygens (including phenoxy) is 2. The first-order chi connectivity index (χ1) is 8.19. The van der Waals surface area contributed by atoms with Crippen LogP contribution < -0.4 is 0 Å². The third-order valence-electron chi connectivity index (χ3n) is 3.40. The van der Waals surface area contributed by atoms with E-state index in [2.05, 4.69) is 13.8 Å². The van der Waals surface area contributed by atoms with Crippen LogP contribution in [0.4, 0.5) is 0 Å². The van der Waals surface area contributed by atoms with E-state index in [-0.39, 0.29) is 13.2 Å². The van der Waals surface area contributed by atoms with Crippen molar-refractivity contribution in [1.29, 1.82) is 0 Å². The van der Waals surface area contributed by atoms with Crippen LogP contribution in [0, 0.1) is 5.92 Å². The van der Waals surface area contributed by atoms with Gasteiger partial charge in [-0.05, 0) is 12.3 Å². The maximum Gasteiger partial charge on any atom is 0.114 e. The summed E-state index contributed by atoms with van der Waals surface area (Å²) in [5.74, 6) is 0.525. The second-order valence-corrected chi connectivity index (χ2v) is 4.89. The predicted octanol–water partition coefficient (Wildman–Crippen LogP) is 1.34. The van der Waals surface area contributed by atoms with Gasteiger partial charge in [-0.1, -0.05) is 33.1 Å². The normalized spacial score (nSPS) is 31.4. The van der Waals surface area contributed by atoms with Gasteiger partial charge in [0.2, 0.25) is 0 Å². The zero-order valence-electron chi connectivity index (χ0n) is 11.0. The molecule has 1 heterocycles. The van der Waals surface area contributed by atoms with Crippen LogP contribution in [0.3, 0.4) is 0 Å². The maximum atomic E-state index is 9.69. The van der Waals surface area contributed by atoms with Crippen molar-refractivity contribution in [2.75, 3.05) is 19.8 Å². The molecular formula is C13H26O4. The molecule has 1 fully saturated rings. The molecule has 4 atom stereocenters. The summed E-state index contributed by atoms with van der Waals surface area (Å²) in [5.41, 5.74) is 0. The van der Waals surface area contributed by atoms with E-state index in [9.17, 15) is 10.2 Å². The number of hydrogen-bond acceptors (Lipinski definition) is 4. The second-order valence-electron chi connectivity index (χ2n) is 4.89. The molecule has 2 unspecified atom stereocenters. The average molecular weight is 246 g/mol. The fourth-order valence-electron chi connectivity index (χ4n) is 2.12. The van der Waals surface area contributed by atoms with Gasteiger partial charge in [-0.3, -0.25) is 0 Å². The molecule has 0 amide bonds. The molecule has 0 aromatic carbocycles. The smallest absolute Gasteiger partial charge is 0.114 e. The van der Waals surface area contributed by atoms with Gasteiger partial charge in [-0.15, -0.1) is 0 Å². The van der Waals surface area contributed by atoms with Crippen LogP contribution in [0.15, 0.2) is 0 Å². The summed E-state index contributed by atoms with van der Waals surface area (Å²) in [6, 6.07) is 0. The fourth-order valence-corrected chi connectivity index (χ4v) is 2.12. The lowest BCUT2D eigenvalue weighted by molar-refractivity contribution is -0.176. The predicted molar refractivity (Wildman–Crippen MR) is 65.9 cm³/mol. The van der Waals surface area contributed by atoms with Crippen molar-refractivity contribution in [3.8, 4) is 0 Å².